The summed E-state index contributed by atoms with van der Waals surface area (Å²) in [4.78, 5) is 8.80. The van der Waals surface area contributed by atoms with Crippen LogP contribution in [0.3, 0.4) is 0 Å². The van der Waals surface area contributed by atoms with Crippen molar-refractivity contribution in [3.63, 3.8) is 0 Å². The van der Waals surface area contributed by atoms with Crippen molar-refractivity contribution in [2.24, 2.45) is 5.92 Å². The molecule has 138 valence electrons. The number of nitrogens with zero attached hydrogens (tertiary/aromatic N) is 2. The van der Waals surface area contributed by atoms with Crippen LogP contribution in [0.4, 0.5) is 5.69 Å². The van der Waals surface area contributed by atoms with Gasteiger partial charge in [0.05, 0.1) is 11.7 Å². The van der Waals surface area contributed by atoms with Crippen molar-refractivity contribution >= 4 is 29.2 Å². The van der Waals surface area contributed by atoms with Crippen molar-refractivity contribution in [1.82, 2.24) is 4.98 Å². The second-order valence-electron chi connectivity index (χ2n) is 8.07. The van der Waals surface area contributed by atoms with E-state index < -0.39 is 0 Å². The van der Waals surface area contributed by atoms with E-state index in [1.54, 1.807) is 0 Å². The molecule has 3 aliphatic carbocycles. The number of hydrogen-bond acceptors (Lipinski definition) is 3. The fraction of sp³-hybridized carbons (Fsp3) is 0.240. The number of anilines is 1. The molecule has 0 N–H and O–H groups in total. The number of benzene rings is 2. The van der Waals surface area contributed by atoms with E-state index in [1.807, 2.05) is 11.3 Å². The highest BCUT2D eigenvalue weighted by Crippen LogP contribution is 2.55. The van der Waals surface area contributed by atoms with E-state index in [0.717, 1.165) is 23.3 Å². The van der Waals surface area contributed by atoms with Crippen LogP contribution in [0.2, 0.25) is 0 Å². The number of hydrogen-bond donors (Lipinski definition) is 0. The first-order chi connectivity index (χ1) is 13.8. The SMILES string of the molecule is CN(c1ccc(-c2nc3c(s2)C2CC2C=C3)cc1)C1CC=Cc2ccccc21. The second kappa shape index (κ2) is 6.18. The van der Waals surface area contributed by atoms with Gasteiger partial charge in [0.25, 0.3) is 0 Å². The maximum absolute atomic E-state index is 4.90. The van der Waals surface area contributed by atoms with Crippen molar-refractivity contribution in [2.75, 3.05) is 11.9 Å². The van der Waals surface area contributed by atoms with Gasteiger partial charge in [-0.3, -0.25) is 0 Å². The third kappa shape index (κ3) is 2.57. The molecule has 3 aromatic rings. The van der Waals surface area contributed by atoms with Gasteiger partial charge in [0.1, 0.15) is 5.01 Å². The Labute approximate surface area is 169 Å². The van der Waals surface area contributed by atoms with Crippen LogP contribution in [0.15, 0.2) is 60.7 Å². The summed E-state index contributed by atoms with van der Waals surface area (Å²) in [6.45, 7) is 0. The Morgan fingerprint density at radius 1 is 1.04 bits per heavy atom. The van der Waals surface area contributed by atoms with Gasteiger partial charge in [0.2, 0.25) is 0 Å². The van der Waals surface area contributed by atoms with Gasteiger partial charge in [-0.05, 0) is 60.2 Å². The summed E-state index contributed by atoms with van der Waals surface area (Å²) in [5.74, 6) is 1.53. The van der Waals surface area contributed by atoms with E-state index in [0.29, 0.717) is 6.04 Å². The zero-order valence-electron chi connectivity index (χ0n) is 15.9. The molecule has 0 amide bonds. The number of rotatable bonds is 3. The lowest BCUT2D eigenvalue weighted by Crippen LogP contribution is -2.25. The average molecular weight is 383 g/mol. The van der Waals surface area contributed by atoms with E-state index in [1.165, 1.54) is 39.4 Å². The third-order valence-electron chi connectivity index (χ3n) is 6.36. The van der Waals surface area contributed by atoms with E-state index in [-0.39, 0.29) is 0 Å². The standard InChI is InChI=1S/C25H22N2S/c1-27(23-8-4-6-16-5-2-3-7-20(16)23)19-12-9-17(10-13-19)25-26-22-14-11-18-15-21(18)24(22)28-25/h2-7,9-14,18,21,23H,8,15H2,1H3. The summed E-state index contributed by atoms with van der Waals surface area (Å²) in [5, 5.41) is 1.15. The fourth-order valence-electron chi connectivity index (χ4n) is 4.60. The first-order valence-corrected chi connectivity index (χ1v) is 10.9. The Bertz CT molecular complexity index is 1110. The molecule has 2 nitrogen and oxygen atoms in total. The second-order valence-corrected chi connectivity index (χ2v) is 9.10. The Kier molecular flexibility index (Phi) is 3.60. The molecule has 1 saturated carbocycles. The average Bonchev–Trinajstić information content (AvgIpc) is 3.42. The largest absolute Gasteiger partial charge is 0.367 e. The lowest BCUT2D eigenvalue weighted by atomic mass is 9.91. The van der Waals surface area contributed by atoms with Crippen molar-refractivity contribution < 1.29 is 0 Å². The van der Waals surface area contributed by atoms with Gasteiger partial charge in [0.15, 0.2) is 0 Å². The summed E-state index contributed by atoms with van der Waals surface area (Å²) in [7, 11) is 2.20. The van der Waals surface area contributed by atoms with E-state index in [4.69, 9.17) is 4.98 Å². The Morgan fingerprint density at radius 2 is 1.89 bits per heavy atom. The maximum Gasteiger partial charge on any atom is 0.124 e. The molecule has 28 heavy (non-hydrogen) atoms. The van der Waals surface area contributed by atoms with E-state index >= 15 is 0 Å². The quantitative estimate of drug-likeness (QED) is 0.511. The molecule has 3 heteroatoms. The Hall–Kier alpha value is -2.65. The molecule has 1 heterocycles. The van der Waals surface area contributed by atoms with Crippen molar-refractivity contribution in [1.29, 1.82) is 0 Å². The summed E-state index contributed by atoms with van der Waals surface area (Å²) in [6.07, 6.45) is 11.4. The maximum atomic E-state index is 4.90. The molecule has 6 rings (SSSR count). The summed E-state index contributed by atoms with van der Waals surface area (Å²) < 4.78 is 0. The van der Waals surface area contributed by atoms with Crippen LogP contribution in [0, 0.1) is 5.92 Å². The Balaban J connectivity index is 1.28. The summed E-state index contributed by atoms with van der Waals surface area (Å²) in [6, 6.07) is 18.1. The lowest BCUT2D eigenvalue weighted by molar-refractivity contribution is 0.675. The minimum atomic E-state index is 0.385. The van der Waals surface area contributed by atoms with E-state index in [9.17, 15) is 0 Å². The van der Waals surface area contributed by atoms with Gasteiger partial charge in [-0.15, -0.1) is 11.3 Å². The number of aromatic nitrogens is 1. The minimum Gasteiger partial charge on any atom is -0.367 e. The van der Waals surface area contributed by atoms with Crippen molar-refractivity contribution in [3.8, 4) is 10.6 Å². The van der Waals surface area contributed by atoms with Crippen LogP contribution >= 0.6 is 11.3 Å². The molecule has 2 aromatic carbocycles. The number of fused-ring (bicyclic) bond motifs is 4. The monoisotopic (exact) mass is 382 g/mol. The topological polar surface area (TPSA) is 16.1 Å². The molecular weight excluding hydrogens is 360 g/mol. The highest BCUT2D eigenvalue weighted by Gasteiger charge is 2.41. The summed E-state index contributed by atoms with van der Waals surface area (Å²) in [5.41, 5.74) is 6.43. The first kappa shape index (κ1) is 16.3. The molecule has 3 atom stereocenters. The molecule has 0 aliphatic heterocycles. The van der Waals surface area contributed by atoms with Gasteiger partial charge >= 0.3 is 0 Å². The van der Waals surface area contributed by atoms with Crippen molar-refractivity contribution in [3.05, 3.63) is 82.4 Å². The van der Waals surface area contributed by atoms with Crippen LogP contribution in [0.5, 0.6) is 0 Å². The molecule has 3 aliphatic rings. The zero-order chi connectivity index (χ0) is 18.7. The fourth-order valence-corrected chi connectivity index (χ4v) is 5.85. The van der Waals surface area contributed by atoms with Crippen molar-refractivity contribution in [2.45, 2.75) is 24.8 Å². The van der Waals surface area contributed by atoms with E-state index in [2.05, 4.69) is 84.8 Å². The smallest absolute Gasteiger partial charge is 0.124 e. The zero-order valence-corrected chi connectivity index (χ0v) is 16.7. The third-order valence-corrected chi connectivity index (χ3v) is 7.61. The molecule has 0 radical (unpaired) electrons. The lowest BCUT2D eigenvalue weighted by Gasteiger charge is -2.32. The molecule has 1 fully saturated rings. The minimum absolute atomic E-state index is 0.385. The van der Waals surface area contributed by atoms with Crippen LogP contribution in [-0.2, 0) is 0 Å². The summed E-state index contributed by atoms with van der Waals surface area (Å²) >= 11 is 1.89. The Morgan fingerprint density at radius 3 is 2.79 bits per heavy atom. The van der Waals surface area contributed by atoms with Crippen LogP contribution in [0.1, 0.15) is 46.5 Å². The van der Waals surface area contributed by atoms with Crippen LogP contribution < -0.4 is 4.90 Å². The molecule has 1 aromatic heterocycles. The van der Waals surface area contributed by atoms with Gasteiger partial charge in [-0.1, -0.05) is 42.5 Å². The number of allylic oxidation sites excluding steroid dienone is 1. The highest BCUT2D eigenvalue weighted by atomic mass is 32.1. The molecule has 0 saturated heterocycles. The van der Waals surface area contributed by atoms with Crippen LogP contribution in [0.25, 0.3) is 22.7 Å². The first-order valence-electron chi connectivity index (χ1n) is 10.1. The molecule has 3 unspecified atom stereocenters. The van der Waals surface area contributed by atoms with Gasteiger partial charge in [-0.2, -0.15) is 0 Å². The number of thiazole rings is 1. The normalized spacial score (nSPS) is 23.7. The molecular formula is C25H22N2S. The highest BCUT2D eigenvalue weighted by molar-refractivity contribution is 7.15. The van der Waals surface area contributed by atoms with Gasteiger partial charge < -0.3 is 4.90 Å². The predicted octanol–water partition coefficient (Wildman–Crippen LogP) is 6.53. The molecule has 0 bridgehead atoms. The van der Waals surface area contributed by atoms with Crippen LogP contribution in [-0.4, -0.2) is 12.0 Å². The molecule has 0 spiro atoms. The van der Waals surface area contributed by atoms with Gasteiger partial charge in [0, 0.05) is 29.1 Å². The van der Waals surface area contributed by atoms with Gasteiger partial charge in [-0.25, -0.2) is 4.98 Å². The predicted molar refractivity (Wildman–Crippen MR) is 119 cm³/mol.